The highest BCUT2D eigenvalue weighted by Crippen LogP contribution is 2.26. The Morgan fingerprint density at radius 2 is 1.85 bits per heavy atom. The van der Waals surface area contributed by atoms with Crippen LogP contribution in [0.2, 0.25) is 0 Å². The first kappa shape index (κ1) is 17.0. The first-order chi connectivity index (χ1) is 9.63. The molecule has 1 rings (SSSR count). The van der Waals surface area contributed by atoms with Crippen LogP contribution >= 0.6 is 0 Å². The average molecular weight is 283 g/mol. The van der Waals surface area contributed by atoms with Crippen LogP contribution in [-0.2, 0) is 9.59 Å². The van der Waals surface area contributed by atoms with E-state index in [1.165, 1.54) is 19.3 Å². The van der Waals surface area contributed by atoms with E-state index >= 15 is 0 Å². The van der Waals surface area contributed by atoms with E-state index < -0.39 is 6.04 Å². The summed E-state index contributed by atoms with van der Waals surface area (Å²) < 4.78 is 0. The second-order valence-electron chi connectivity index (χ2n) is 5.75. The van der Waals surface area contributed by atoms with Crippen molar-refractivity contribution in [3.8, 4) is 0 Å². The lowest BCUT2D eigenvalue weighted by Crippen LogP contribution is -2.45. The smallest absolute Gasteiger partial charge is 0.242 e. The minimum absolute atomic E-state index is 0.00905. The molecule has 0 heterocycles. The van der Waals surface area contributed by atoms with Gasteiger partial charge in [-0.1, -0.05) is 19.3 Å². The fourth-order valence-electron chi connectivity index (χ4n) is 2.65. The van der Waals surface area contributed by atoms with Gasteiger partial charge in [-0.05, 0) is 45.7 Å². The Bertz CT molecular complexity index is 301. The maximum Gasteiger partial charge on any atom is 0.242 e. The molecule has 0 bridgehead atoms. The Labute approximate surface area is 122 Å². The maximum atomic E-state index is 11.9. The average Bonchev–Trinajstić information content (AvgIpc) is 2.44. The van der Waals surface area contributed by atoms with Gasteiger partial charge in [-0.2, -0.15) is 0 Å². The highest BCUT2D eigenvalue weighted by molar-refractivity contribution is 5.87. The third-order valence-corrected chi connectivity index (χ3v) is 3.87. The zero-order valence-corrected chi connectivity index (χ0v) is 12.8. The molecule has 5 heteroatoms. The van der Waals surface area contributed by atoms with Crippen LogP contribution in [0.3, 0.4) is 0 Å². The molecule has 0 spiro atoms. The molecule has 1 aliphatic carbocycles. The van der Waals surface area contributed by atoms with Crippen molar-refractivity contribution < 1.29 is 9.59 Å². The van der Waals surface area contributed by atoms with Crippen molar-refractivity contribution in [3.63, 3.8) is 0 Å². The van der Waals surface area contributed by atoms with Crippen molar-refractivity contribution >= 4 is 11.8 Å². The van der Waals surface area contributed by atoms with Crippen LogP contribution in [0.1, 0.15) is 51.9 Å². The molecule has 0 aromatic carbocycles. The summed E-state index contributed by atoms with van der Waals surface area (Å²) in [6.07, 6.45) is 7.53. The summed E-state index contributed by atoms with van der Waals surface area (Å²) in [7, 11) is 1.88. The summed E-state index contributed by atoms with van der Waals surface area (Å²) >= 11 is 0. The molecule has 1 fully saturated rings. The van der Waals surface area contributed by atoms with Crippen LogP contribution in [0, 0.1) is 5.92 Å². The lowest BCUT2D eigenvalue weighted by Gasteiger charge is -2.22. The Hall–Kier alpha value is -1.10. The fraction of sp³-hybridized carbons (Fsp3) is 0.867. The lowest BCUT2D eigenvalue weighted by molar-refractivity contribution is -0.129. The van der Waals surface area contributed by atoms with Crippen molar-refractivity contribution in [2.24, 2.45) is 5.92 Å². The summed E-state index contributed by atoms with van der Waals surface area (Å²) in [5.74, 6) is 0.419. The van der Waals surface area contributed by atoms with Crippen LogP contribution in [0.5, 0.6) is 0 Å². The molecular formula is C15H29N3O2. The Kier molecular flexibility index (Phi) is 8.26. The van der Waals surface area contributed by atoms with Gasteiger partial charge in [-0.15, -0.1) is 0 Å². The van der Waals surface area contributed by atoms with Crippen LogP contribution in [0.25, 0.3) is 0 Å². The minimum atomic E-state index is -0.444. The predicted octanol–water partition coefficient (Wildman–Crippen LogP) is 1.19. The van der Waals surface area contributed by atoms with E-state index in [0.29, 0.717) is 18.9 Å². The largest absolute Gasteiger partial charge is 0.354 e. The molecule has 20 heavy (non-hydrogen) atoms. The van der Waals surface area contributed by atoms with Gasteiger partial charge < -0.3 is 16.0 Å². The van der Waals surface area contributed by atoms with E-state index in [4.69, 9.17) is 0 Å². The number of hydrogen-bond donors (Lipinski definition) is 3. The van der Waals surface area contributed by atoms with Crippen LogP contribution in [0.15, 0.2) is 0 Å². The van der Waals surface area contributed by atoms with Gasteiger partial charge in [0.15, 0.2) is 0 Å². The van der Waals surface area contributed by atoms with Crippen LogP contribution < -0.4 is 16.0 Å². The molecule has 1 saturated carbocycles. The van der Waals surface area contributed by atoms with Crippen LogP contribution in [-0.4, -0.2) is 38.0 Å². The molecule has 3 N–H and O–H groups in total. The molecular weight excluding hydrogens is 254 g/mol. The number of carbonyl (C=O) groups is 2. The fourth-order valence-corrected chi connectivity index (χ4v) is 2.65. The van der Waals surface area contributed by atoms with Crippen molar-refractivity contribution in [2.75, 3.05) is 20.1 Å². The second kappa shape index (κ2) is 9.75. The molecule has 0 aromatic heterocycles. The monoisotopic (exact) mass is 283 g/mol. The van der Waals surface area contributed by atoms with E-state index in [9.17, 15) is 9.59 Å². The number of rotatable bonds is 8. The van der Waals surface area contributed by atoms with Gasteiger partial charge in [0.2, 0.25) is 11.8 Å². The van der Waals surface area contributed by atoms with E-state index in [-0.39, 0.29) is 11.8 Å². The summed E-state index contributed by atoms with van der Waals surface area (Å²) in [6.45, 7) is 3.26. The van der Waals surface area contributed by atoms with Crippen molar-refractivity contribution in [1.82, 2.24) is 16.0 Å². The number of amides is 2. The van der Waals surface area contributed by atoms with Gasteiger partial charge >= 0.3 is 0 Å². The van der Waals surface area contributed by atoms with E-state index in [1.54, 1.807) is 6.92 Å². The Morgan fingerprint density at radius 1 is 1.15 bits per heavy atom. The van der Waals surface area contributed by atoms with Gasteiger partial charge in [0, 0.05) is 13.0 Å². The number of carbonyl (C=O) groups excluding carboxylic acids is 2. The van der Waals surface area contributed by atoms with Crippen molar-refractivity contribution in [1.29, 1.82) is 0 Å². The maximum absolute atomic E-state index is 11.9. The van der Waals surface area contributed by atoms with E-state index in [0.717, 1.165) is 25.8 Å². The molecule has 0 saturated heterocycles. The lowest BCUT2D eigenvalue weighted by atomic mass is 9.87. The Morgan fingerprint density at radius 3 is 2.50 bits per heavy atom. The van der Waals surface area contributed by atoms with E-state index in [2.05, 4.69) is 16.0 Å². The first-order valence-electron chi connectivity index (χ1n) is 7.85. The van der Waals surface area contributed by atoms with Gasteiger partial charge in [0.05, 0.1) is 0 Å². The highest BCUT2D eigenvalue weighted by atomic mass is 16.2. The minimum Gasteiger partial charge on any atom is -0.354 e. The molecule has 1 aliphatic rings. The van der Waals surface area contributed by atoms with Crippen molar-refractivity contribution in [2.45, 2.75) is 57.9 Å². The summed E-state index contributed by atoms with van der Waals surface area (Å²) in [5.41, 5.74) is 0. The topological polar surface area (TPSA) is 70.2 Å². The van der Waals surface area contributed by atoms with Crippen LogP contribution in [0.4, 0.5) is 0 Å². The zero-order chi connectivity index (χ0) is 14.8. The summed E-state index contributed by atoms with van der Waals surface area (Å²) in [6, 6.07) is -0.444. The van der Waals surface area contributed by atoms with Crippen molar-refractivity contribution in [3.05, 3.63) is 0 Å². The zero-order valence-electron chi connectivity index (χ0n) is 12.8. The van der Waals surface area contributed by atoms with Gasteiger partial charge in [-0.3, -0.25) is 9.59 Å². The quantitative estimate of drug-likeness (QED) is 0.586. The predicted molar refractivity (Wildman–Crippen MR) is 80.4 cm³/mol. The standard InChI is InChI=1S/C15H29N3O2/c1-12(15(20)17-10-6-9-16-2)18-14(19)11-13-7-4-3-5-8-13/h12-13,16H,3-11H2,1-2H3,(H,17,20)(H,18,19). The molecule has 0 aliphatic heterocycles. The molecule has 2 amide bonds. The number of nitrogens with one attached hydrogen (secondary N) is 3. The molecule has 116 valence electrons. The third-order valence-electron chi connectivity index (χ3n) is 3.87. The Balaban J connectivity index is 2.17. The SMILES string of the molecule is CNCCCNC(=O)C(C)NC(=O)CC1CCCCC1. The second-order valence-corrected chi connectivity index (χ2v) is 5.75. The normalized spacial score (nSPS) is 17.5. The molecule has 0 radical (unpaired) electrons. The molecule has 1 atom stereocenters. The summed E-state index contributed by atoms with van der Waals surface area (Å²) in [5, 5.41) is 8.66. The van der Waals surface area contributed by atoms with Gasteiger partial charge in [0.25, 0.3) is 0 Å². The molecule has 1 unspecified atom stereocenters. The highest BCUT2D eigenvalue weighted by Gasteiger charge is 2.20. The first-order valence-corrected chi connectivity index (χ1v) is 7.85. The molecule has 5 nitrogen and oxygen atoms in total. The summed E-state index contributed by atoms with van der Waals surface area (Å²) in [4.78, 5) is 23.7. The number of hydrogen-bond acceptors (Lipinski definition) is 3. The molecule has 0 aromatic rings. The van der Waals surface area contributed by atoms with Gasteiger partial charge in [0.1, 0.15) is 6.04 Å². The van der Waals surface area contributed by atoms with E-state index in [1.807, 2.05) is 7.05 Å². The third kappa shape index (κ3) is 6.89. The van der Waals surface area contributed by atoms with Gasteiger partial charge in [-0.25, -0.2) is 0 Å².